The summed E-state index contributed by atoms with van der Waals surface area (Å²) in [6.45, 7) is 0. The van der Waals surface area contributed by atoms with Gasteiger partial charge < -0.3 is 8.83 Å². The minimum atomic E-state index is 0.770. The third-order valence-corrected chi connectivity index (χ3v) is 9.70. The van der Waals surface area contributed by atoms with Crippen molar-refractivity contribution in [2.24, 2.45) is 0 Å². The van der Waals surface area contributed by atoms with E-state index in [0.717, 1.165) is 49.8 Å². The van der Waals surface area contributed by atoms with Gasteiger partial charge in [-0.3, -0.25) is 0 Å². The normalized spacial score (nSPS) is 11.8. The Morgan fingerprint density at radius 2 is 0.708 bits per heavy atom. The van der Waals surface area contributed by atoms with E-state index in [4.69, 9.17) is 8.83 Å². The third-order valence-electron chi connectivity index (χ3n) is 9.70. The molecule has 0 aliphatic rings. The van der Waals surface area contributed by atoms with E-state index in [9.17, 15) is 0 Å². The summed E-state index contributed by atoms with van der Waals surface area (Å²) in [6, 6.07) is 60.2. The van der Waals surface area contributed by atoms with Gasteiger partial charge in [0.05, 0.1) is 0 Å². The summed E-state index contributed by atoms with van der Waals surface area (Å²) < 4.78 is 13.5. The molecule has 0 aliphatic heterocycles. The molecule has 48 heavy (non-hydrogen) atoms. The van der Waals surface area contributed by atoms with Crippen molar-refractivity contribution in [2.75, 3.05) is 0 Å². The quantitative estimate of drug-likeness (QED) is 0.185. The first-order valence-electron chi connectivity index (χ1n) is 16.4. The van der Waals surface area contributed by atoms with Crippen molar-refractivity contribution in [1.82, 2.24) is 0 Å². The zero-order valence-corrected chi connectivity index (χ0v) is 26.0. The Morgan fingerprint density at radius 3 is 1.35 bits per heavy atom. The first-order chi connectivity index (χ1) is 23.8. The zero-order chi connectivity index (χ0) is 31.6. The van der Waals surface area contributed by atoms with Crippen LogP contribution in [0, 0.1) is 0 Å². The van der Waals surface area contributed by atoms with Gasteiger partial charge in [0.1, 0.15) is 11.3 Å². The Morgan fingerprint density at radius 1 is 0.250 bits per heavy atom. The Kier molecular flexibility index (Phi) is 5.91. The average Bonchev–Trinajstić information content (AvgIpc) is 3.74. The van der Waals surface area contributed by atoms with Crippen LogP contribution < -0.4 is 0 Å². The van der Waals surface area contributed by atoms with Crippen molar-refractivity contribution < 1.29 is 8.83 Å². The van der Waals surface area contributed by atoms with E-state index in [2.05, 4.69) is 152 Å². The van der Waals surface area contributed by atoms with Gasteiger partial charge in [-0.15, -0.1) is 0 Å². The largest absolute Gasteiger partial charge is 0.452 e. The van der Waals surface area contributed by atoms with E-state index < -0.39 is 0 Å². The number of benzene rings is 8. The predicted molar refractivity (Wildman–Crippen MR) is 200 cm³/mol. The van der Waals surface area contributed by atoms with Crippen molar-refractivity contribution in [3.05, 3.63) is 170 Å². The van der Waals surface area contributed by atoms with Crippen molar-refractivity contribution in [3.63, 3.8) is 0 Å². The second-order valence-electron chi connectivity index (χ2n) is 12.4. The van der Waals surface area contributed by atoms with Crippen LogP contribution in [0.25, 0.3) is 99.2 Å². The number of furan rings is 2. The molecule has 0 unspecified atom stereocenters. The number of hydrogen-bond donors (Lipinski definition) is 0. The van der Waals surface area contributed by atoms with Crippen LogP contribution in [0.15, 0.2) is 179 Å². The maximum Gasteiger partial charge on any atom is 0.178 e. The topological polar surface area (TPSA) is 26.3 Å². The molecule has 10 aromatic rings. The maximum absolute atomic E-state index is 6.96. The summed E-state index contributed by atoms with van der Waals surface area (Å²) >= 11 is 0. The number of hydrogen-bond acceptors (Lipinski definition) is 2. The van der Waals surface area contributed by atoms with E-state index in [-0.39, 0.29) is 0 Å². The highest BCUT2D eigenvalue weighted by atomic mass is 16.4. The zero-order valence-electron chi connectivity index (χ0n) is 26.0. The lowest BCUT2D eigenvalue weighted by molar-refractivity contribution is 0.612. The highest BCUT2D eigenvalue weighted by molar-refractivity contribution is 6.26. The molecule has 0 N–H and O–H groups in total. The molecule has 0 saturated carbocycles. The van der Waals surface area contributed by atoms with Crippen LogP contribution in [-0.4, -0.2) is 0 Å². The fraction of sp³-hybridized carbons (Fsp3) is 0. The summed E-state index contributed by atoms with van der Waals surface area (Å²) in [7, 11) is 0. The third kappa shape index (κ3) is 4.00. The second-order valence-corrected chi connectivity index (χ2v) is 12.4. The second kappa shape index (κ2) is 10.6. The van der Waals surface area contributed by atoms with Gasteiger partial charge in [0.15, 0.2) is 11.2 Å². The maximum atomic E-state index is 6.96. The summed E-state index contributed by atoms with van der Waals surface area (Å²) in [6.07, 6.45) is 0. The van der Waals surface area contributed by atoms with Crippen molar-refractivity contribution in [2.45, 2.75) is 0 Å². The highest BCUT2D eigenvalue weighted by Crippen LogP contribution is 2.51. The number of rotatable bonds is 4. The summed E-state index contributed by atoms with van der Waals surface area (Å²) in [5.74, 6) is 0.842. The molecule has 0 spiro atoms. The van der Waals surface area contributed by atoms with E-state index in [0.29, 0.717) is 0 Å². The Hall–Kier alpha value is -6.38. The molecule has 0 bridgehead atoms. The molecular weight excluding hydrogens is 585 g/mol. The average molecular weight is 613 g/mol. The van der Waals surface area contributed by atoms with Gasteiger partial charge in [-0.05, 0) is 62.0 Å². The van der Waals surface area contributed by atoms with Gasteiger partial charge in [0.2, 0.25) is 0 Å². The fourth-order valence-electron chi connectivity index (χ4n) is 7.55. The molecule has 10 rings (SSSR count). The predicted octanol–water partition coefficient (Wildman–Crippen LogP) is 13.3. The van der Waals surface area contributed by atoms with Crippen LogP contribution in [-0.2, 0) is 0 Å². The molecule has 8 aromatic carbocycles. The fourth-order valence-corrected chi connectivity index (χ4v) is 7.55. The van der Waals surface area contributed by atoms with E-state index >= 15 is 0 Å². The van der Waals surface area contributed by atoms with Crippen molar-refractivity contribution in [3.8, 4) is 44.7 Å². The lowest BCUT2D eigenvalue weighted by Crippen LogP contribution is -1.91. The first-order valence-corrected chi connectivity index (χ1v) is 16.4. The molecule has 2 heteroatoms. The van der Waals surface area contributed by atoms with Gasteiger partial charge in [-0.2, -0.15) is 0 Å². The summed E-state index contributed by atoms with van der Waals surface area (Å²) in [4.78, 5) is 0. The van der Waals surface area contributed by atoms with Gasteiger partial charge in [-0.25, -0.2) is 0 Å². The molecule has 2 aromatic heterocycles. The molecule has 0 atom stereocenters. The van der Waals surface area contributed by atoms with Crippen molar-refractivity contribution >= 4 is 54.5 Å². The highest BCUT2D eigenvalue weighted by Gasteiger charge is 2.26. The van der Waals surface area contributed by atoms with Crippen LogP contribution in [0.3, 0.4) is 0 Å². The Bertz CT molecular complexity index is 2750. The standard InChI is InChI=1S/C46H28O2/c1-3-13-29(14-4-1)30-23-25-31(26-24-30)41-34-18-7-9-20-36(34)42(37-21-10-8-19-35(37)41)43-39-28-27-38-33-17-11-12-22-40(33)47-45(38)46(39)48-44(43)32-15-5-2-6-16-32/h1-28H. The molecule has 224 valence electrons. The van der Waals surface area contributed by atoms with Crippen LogP contribution in [0.5, 0.6) is 0 Å². The molecule has 2 heterocycles. The van der Waals surface area contributed by atoms with Gasteiger partial charge in [0, 0.05) is 32.8 Å². The monoisotopic (exact) mass is 612 g/mol. The minimum Gasteiger partial charge on any atom is -0.452 e. The SMILES string of the molecule is c1ccc(-c2ccc(-c3c4ccccc4c(-c4c(-c5ccccc5)oc5c4ccc4c6ccccc6oc45)c4ccccc34)cc2)cc1. The van der Waals surface area contributed by atoms with E-state index in [1.165, 1.54) is 49.4 Å². The number of fused-ring (bicyclic) bond motifs is 7. The summed E-state index contributed by atoms with van der Waals surface area (Å²) in [5, 5.41) is 7.96. The molecular formula is C46H28O2. The molecule has 0 amide bonds. The molecule has 0 fully saturated rings. The van der Waals surface area contributed by atoms with Crippen molar-refractivity contribution in [1.29, 1.82) is 0 Å². The van der Waals surface area contributed by atoms with Crippen LogP contribution >= 0.6 is 0 Å². The van der Waals surface area contributed by atoms with E-state index in [1.807, 2.05) is 18.2 Å². The first kappa shape index (κ1) is 26.8. The smallest absolute Gasteiger partial charge is 0.178 e. The Labute approximate surface area is 277 Å². The van der Waals surface area contributed by atoms with Crippen LogP contribution in [0.4, 0.5) is 0 Å². The van der Waals surface area contributed by atoms with Gasteiger partial charge >= 0.3 is 0 Å². The van der Waals surface area contributed by atoms with Gasteiger partial charge in [-0.1, -0.05) is 152 Å². The van der Waals surface area contributed by atoms with E-state index in [1.54, 1.807) is 0 Å². The number of para-hydroxylation sites is 1. The lowest BCUT2D eigenvalue weighted by atomic mass is 9.84. The van der Waals surface area contributed by atoms with Crippen LogP contribution in [0.2, 0.25) is 0 Å². The molecule has 2 nitrogen and oxygen atoms in total. The molecule has 0 radical (unpaired) electrons. The van der Waals surface area contributed by atoms with Crippen LogP contribution in [0.1, 0.15) is 0 Å². The molecule has 0 saturated heterocycles. The minimum absolute atomic E-state index is 0.770. The lowest BCUT2D eigenvalue weighted by Gasteiger charge is -2.18. The van der Waals surface area contributed by atoms with Gasteiger partial charge in [0.25, 0.3) is 0 Å². The molecule has 0 aliphatic carbocycles. The Balaban J connectivity index is 1.31. The summed E-state index contributed by atoms with van der Waals surface area (Å²) in [5.41, 5.74) is 10.5.